The van der Waals surface area contributed by atoms with Crippen LogP contribution in [0.5, 0.6) is 0 Å². The molecule has 4 aliphatic carbocycles. The minimum absolute atomic E-state index is 0.460. The maximum absolute atomic E-state index is 14.4. The SMILES string of the molecule is CCCc1c2c(c(CCC)c3cc4ccccc4cc13)[C@@H]1c3ccccc3[C@H]2[C@]2(C#N)C(=O)C(Cl)=C(Cl)C(=O)[C@@]12C#N. The molecule has 4 nitrogen and oxygen atoms in total. The number of allylic oxidation sites excluding steroid dienone is 2. The topological polar surface area (TPSA) is 81.7 Å². The van der Waals surface area contributed by atoms with Gasteiger partial charge < -0.3 is 0 Å². The van der Waals surface area contributed by atoms with Crippen LogP contribution in [0.15, 0.2) is 70.7 Å². The highest BCUT2D eigenvalue weighted by Crippen LogP contribution is 2.74. The minimum Gasteiger partial charge on any atom is -0.291 e. The Kier molecular flexibility index (Phi) is 5.94. The average molecular weight is 590 g/mol. The first kappa shape index (κ1) is 26.9. The maximum Gasteiger partial charge on any atom is 0.199 e. The van der Waals surface area contributed by atoms with Crippen molar-refractivity contribution in [2.24, 2.45) is 10.8 Å². The number of fused-ring (bicyclic) bond motifs is 2. The number of benzene rings is 4. The predicted molar refractivity (Wildman–Crippen MR) is 164 cm³/mol. The van der Waals surface area contributed by atoms with Gasteiger partial charge in [-0.05, 0) is 79.9 Å². The van der Waals surface area contributed by atoms with Crippen molar-refractivity contribution in [3.8, 4) is 12.1 Å². The van der Waals surface area contributed by atoms with E-state index >= 15 is 0 Å². The van der Waals surface area contributed by atoms with Crippen molar-refractivity contribution in [1.82, 2.24) is 0 Å². The summed E-state index contributed by atoms with van der Waals surface area (Å²) in [6, 6.07) is 24.9. The van der Waals surface area contributed by atoms with E-state index in [0.717, 1.165) is 67.8 Å². The van der Waals surface area contributed by atoms with Gasteiger partial charge in [-0.25, -0.2) is 0 Å². The number of aryl methyl sites for hydroxylation is 2. The van der Waals surface area contributed by atoms with E-state index in [4.69, 9.17) is 23.2 Å². The standard InChI is InChI=1S/C36H26Cl2N2O2/c1-3-9-21-25-15-19-11-5-6-12-20(19)16-26(25)22(10-4-2)28-27(21)29-23-13-7-8-14-24(23)30(28)36(18-40)34(42)32(38)31(37)33(41)35(29,36)17-39/h5-8,11-16,29-30H,3-4,9-10H2,1-2H3/t29-,30+,35-,36-/m1/s1. The number of halogens is 2. The molecule has 0 radical (unpaired) electrons. The minimum atomic E-state index is -2.06. The summed E-state index contributed by atoms with van der Waals surface area (Å²) in [5.74, 6) is -3.21. The van der Waals surface area contributed by atoms with Crippen LogP contribution in [-0.2, 0) is 22.4 Å². The molecule has 4 aliphatic rings. The second kappa shape index (κ2) is 9.27. The molecule has 0 aromatic heterocycles. The van der Waals surface area contributed by atoms with Gasteiger partial charge in [-0.15, -0.1) is 0 Å². The Bertz CT molecular complexity index is 1890. The number of hydrogen-bond donors (Lipinski definition) is 0. The lowest BCUT2D eigenvalue weighted by molar-refractivity contribution is -0.141. The number of nitriles is 2. The molecule has 4 aromatic rings. The molecule has 0 aliphatic heterocycles. The van der Waals surface area contributed by atoms with E-state index in [0.29, 0.717) is 12.8 Å². The van der Waals surface area contributed by atoms with Gasteiger partial charge in [0.15, 0.2) is 22.4 Å². The molecule has 4 atom stereocenters. The van der Waals surface area contributed by atoms with E-state index < -0.39 is 44.3 Å². The van der Waals surface area contributed by atoms with Crippen LogP contribution in [0, 0.1) is 33.5 Å². The first-order chi connectivity index (χ1) is 20.3. The molecule has 0 amide bonds. The number of rotatable bonds is 4. The predicted octanol–water partition coefficient (Wildman–Crippen LogP) is 8.35. The number of carbonyl (C=O) groups is 2. The Labute approximate surface area is 254 Å². The molecule has 0 saturated carbocycles. The fourth-order valence-corrected chi connectivity index (χ4v) is 8.80. The molecule has 0 saturated heterocycles. The Morgan fingerprint density at radius 1 is 0.690 bits per heavy atom. The van der Waals surface area contributed by atoms with Gasteiger partial charge in [-0.3, -0.25) is 9.59 Å². The summed E-state index contributed by atoms with van der Waals surface area (Å²) in [6.45, 7) is 4.23. The van der Waals surface area contributed by atoms with Crippen molar-refractivity contribution in [3.05, 3.63) is 104 Å². The molecule has 8 rings (SSSR count). The third kappa shape index (κ3) is 2.92. The number of carbonyl (C=O) groups excluding carboxylic acids is 2. The zero-order valence-corrected chi connectivity index (χ0v) is 24.7. The van der Waals surface area contributed by atoms with Gasteiger partial charge in [0.05, 0.1) is 12.1 Å². The highest BCUT2D eigenvalue weighted by molar-refractivity contribution is 6.57. The second-order valence-electron chi connectivity index (χ2n) is 11.7. The summed E-state index contributed by atoms with van der Waals surface area (Å²) in [5.41, 5.74) is 1.42. The molecule has 0 spiro atoms. The van der Waals surface area contributed by atoms with Crippen LogP contribution in [0.1, 0.15) is 71.9 Å². The van der Waals surface area contributed by atoms with Crippen LogP contribution < -0.4 is 0 Å². The molecule has 42 heavy (non-hydrogen) atoms. The fourth-order valence-electron chi connectivity index (χ4n) is 8.33. The highest BCUT2D eigenvalue weighted by Gasteiger charge is 2.78. The average Bonchev–Trinajstić information content (AvgIpc) is 3.02. The zero-order valence-electron chi connectivity index (χ0n) is 23.2. The quantitative estimate of drug-likeness (QED) is 0.224. The van der Waals surface area contributed by atoms with Gasteiger partial charge in [0.1, 0.15) is 10.1 Å². The second-order valence-corrected chi connectivity index (χ2v) is 12.4. The van der Waals surface area contributed by atoms with Gasteiger partial charge in [-0.1, -0.05) is 98.4 Å². The van der Waals surface area contributed by atoms with Crippen molar-refractivity contribution in [3.63, 3.8) is 0 Å². The van der Waals surface area contributed by atoms with Crippen molar-refractivity contribution in [1.29, 1.82) is 10.5 Å². The van der Waals surface area contributed by atoms with Crippen molar-refractivity contribution in [2.45, 2.75) is 51.4 Å². The molecule has 206 valence electrons. The Balaban J connectivity index is 1.77. The van der Waals surface area contributed by atoms with E-state index in [1.165, 1.54) is 0 Å². The smallest absolute Gasteiger partial charge is 0.199 e. The van der Waals surface area contributed by atoms with E-state index in [-0.39, 0.29) is 0 Å². The number of ketones is 2. The summed E-state index contributed by atoms with van der Waals surface area (Å²) in [4.78, 5) is 28.7. The molecule has 0 unspecified atom stereocenters. The van der Waals surface area contributed by atoms with E-state index in [2.05, 4.69) is 50.3 Å². The molecular formula is C36H26Cl2N2O2. The Hall–Kier alpha value is -3.96. The summed E-state index contributed by atoms with van der Waals surface area (Å²) in [5, 5.41) is 25.6. The Morgan fingerprint density at radius 3 is 1.43 bits per heavy atom. The first-order valence-corrected chi connectivity index (χ1v) is 15.2. The molecule has 6 heteroatoms. The van der Waals surface area contributed by atoms with Crippen LogP contribution in [0.25, 0.3) is 21.5 Å². The van der Waals surface area contributed by atoms with Crippen LogP contribution in [0.4, 0.5) is 0 Å². The van der Waals surface area contributed by atoms with Gasteiger partial charge in [0, 0.05) is 11.8 Å². The number of nitrogens with zero attached hydrogens (tertiary/aromatic N) is 2. The lowest BCUT2D eigenvalue weighted by atomic mass is 9.37. The molecule has 4 aromatic carbocycles. The van der Waals surface area contributed by atoms with Gasteiger partial charge in [0.25, 0.3) is 0 Å². The highest BCUT2D eigenvalue weighted by atomic mass is 35.5. The molecular weight excluding hydrogens is 563 g/mol. The zero-order chi connectivity index (χ0) is 29.6. The van der Waals surface area contributed by atoms with Crippen molar-refractivity contribution >= 4 is 56.3 Å². The van der Waals surface area contributed by atoms with Crippen LogP contribution in [0.2, 0.25) is 0 Å². The first-order valence-electron chi connectivity index (χ1n) is 14.4. The third-order valence-corrected chi connectivity index (χ3v) is 10.6. The monoisotopic (exact) mass is 588 g/mol. The molecule has 2 bridgehead atoms. The maximum atomic E-state index is 14.4. The lowest BCUT2D eigenvalue weighted by Gasteiger charge is -2.59. The number of hydrogen-bond acceptors (Lipinski definition) is 4. The van der Waals surface area contributed by atoms with E-state index in [9.17, 15) is 20.1 Å². The molecule has 0 heterocycles. The van der Waals surface area contributed by atoms with Gasteiger partial charge in [0.2, 0.25) is 0 Å². The normalized spacial score (nSPS) is 25.7. The lowest BCUT2D eigenvalue weighted by Crippen LogP contribution is -2.65. The van der Waals surface area contributed by atoms with E-state index in [1.807, 2.05) is 36.4 Å². The van der Waals surface area contributed by atoms with Crippen molar-refractivity contribution < 1.29 is 9.59 Å². The Morgan fingerprint density at radius 2 is 1.07 bits per heavy atom. The fraction of sp³-hybridized carbons (Fsp3) is 0.278. The van der Waals surface area contributed by atoms with Crippen LogP contribution in [0.3, 0.4) is 0 Å². The summed E-state index contributed by atoms with van der Waals surface area (Å²) < 4.78 is 0. The summed E-state index contributed by atoms with van der Waals surface area (Å²) >= 11 is 12.9. The van der Waals surface area contributed by atoms with Crippen LogP contribution >= 0.6 is 23.2 Å². The van der Waals surface area contributed by atoms with Gasteiger partial charge in [-0.2, -0.15) is 10.5 Å². The van der Waals surface area contributed by atoms with E-state index in [1.54, 1.807) is 0 Å². The largest absolute Gasteiger partial charge is 0.291 e. The summed E-state index contributed by atoms with van der Waals surface area (Å²) in [7, 11) is 0. The third-order valence-electron chi connectivity index (χ3n) is 9.82. The number of Topliss-reactive ketones (excluding diaryl/α,β-unsaturated/α-hetero) is 2. The summed E-state index contributed by atoms with van der Waals surface area (Å²) in [6.07, 6.45) is 3.09. The van der Waals surface area contributed by atoms with Crippen LogP contribution in [-0.4, -0.2) is 11.6 Å². The molecule has 0 fully saturated rings. The van der Waals surface area contributed by atoms with Gasteiger partial charge >= 0.3 is 0 Å². The van der Waals surface area contributed by atoms with Crippen molar-refractivity contribution in [2.75, 3.05) is 0 Å². The molecule has 0 N–H and O–H groups in total.